The van der Waals surface area contributed by atoms with Crippen molar-refractivity contribution in [1.82, 2.24) is 0 Å². The maximum Gasteiger partial charge on any atom is 1.00 e. The molecule has 1 N–H and O–H groups in total. The van der Waals surface area contributed by atoms with E-state index < -0.39 is 18.4 Å². The first-order valence-corrected chi connectivity index (χ1v) is 7.54. The standard InChI is InChI=1S/C15H28O4.K.Li.2H/c1-2-3-4-5-6-7-8-9-10-11-12-19-15(18)13-14(16)17;;;;/h2-13H2,1H3,(H,16,17);;;;/q;2*+1;2*-1. The van der Waals surface area contributed by atoms with E-state index in [9.17, 15) is 9.59 Å². The number of carbonyl (C=O) groups is 2. The average molecular weight is 320 g/mol. The second-order valence-electron chi connectivity index (χ2n) is 4.97. The normalized spacial score (nSPS) is 9.38. The molecule has 0 rings (SSSR count). The Balaban J connectivity index is -0.000000270. The van der Waals surface area contributed by atoms with Crippen LogP contribution in [0.4, 0.5) is 0 Å². The van der Waals surface area contributed by atoms with E-state index in [0.29, 0.717) is 6.61 Å². The second-order valence-corrected chi connectivity index (χ2v) is 4.97. The molecule has 0 unspecified atom stereocenters. The van der Waals surface area contributed by atoms with Gasteiger partial charge in [0.25, 0.3) is 0 Å². The van der Waals surface area contributed by atoms with E-state index >= 15 is 0 Å². The van der Waals surface area contributed by atoms with Crippen LogP contribution in [0.3, 0.4) is 0 Å². The molecule has 21 heavy (non-hydrogen) atoms. The Labute approximate surface area is 186 Å². The number of hydrogen-bond donors (Lipinski definition) is 1. The van der Waals surface area contributed by atoms with Crippen molar-refractivity contribution in [2.75, 3.05) is 6.61 Å². The summed E-state index contributed by atoms with van der Waals surface area (Å²) in [5.41, 5.74) is 0. The van der Waals surface area contributed by atoms with Gasteiger partial charge in [-0.2, -0.15) is 0 Å². The minimum Gasteiger partial charge on any atom is -1.00 e. The van der Waals surface area contributed by atoms with Crippen LogP contribution in [0.5, 0.6) is 0 Å². The molecule has 0 amide bonds. The van der Waals surface area contributed by atoms with Gasteiger partial charge < -0.3 is 12.7 Å². The number of carboxylic acids is 1. The first kappa shape index (κ1) is 27.0. The van der Waals surface area contributed by atoms with Gasteiger partial charge in [0.15, 0.2) is 0 Å². The number of aliphatic carboxylic acids is 1. The van der Waals surface area contributed by atoms with Crippen LogP contribution >= 0.6 is 0 Å². The summed E-state index contributed by atoms with van der Waals surface area (Å²) in [4.78, 5) is 21.1. The third-order valence-electron chi connectivity index (χ3n) is 3.06. The minimum atomic E-state index is -1.13. The van der Waals surface area contributed by atoms with Crippen molar-refractivity contribution in [3.63, 3.8) is 0 Å². The summed E-state index contributed by atoms with van der Waals surface area (Å²) in [5.74, 6) is -1.77. The number of carboxylic acid groups (broad SMARTS) is 1. The fourth-order valence-electron chi connectivity index (χ4n) is 1.95. The molecule has 0 spiro atoms. The summed E-state index contributed by atoms with van der Waals surface area (Å²) in [6.07, 6.45) is 11.7. The van der Waals surface area contributed by atoms with Gasteiger partial charge in [-0.05, 0) is 6.42 Å². The molecule has 0 aromatic carbocycles. The molecule has 0 radical (unpaired) electrons. The smallest absolute Gasteiger partial charge is 1.00 e. The van der Waals surface area contributed by atoms with Crippen molar-refractivity contribution >= 4 is 11.9 Å². The quantitative estimate of drug-likeness (QED) is 0.187. The first-order valence-electron chi connectivity index (χ1n) is 7.54. The summed E-state index contributed by atoms with van der Waals surface area (Å²) in [7, 11) is 0. The van der Waals surface area contributed by atoms with Crippen molar-refractivity contribution in [2.24, 2.45) is 0 Å². The third kappa shape index (κ3) is 23.6. The zero-order valence-corrected chi connectivity index (χ0v) is 17.3. The summed E-state index contributed by atoms with van der Waals surface area (Å²) in [6, 6.07) is 0. The van der Waals surface area contributed by atoms with Gasteiger partial charge in [0, 0.05) is 0 Å². The SMILES string of the molecule is CCCCCCCCCCCCOC(=O)CC(=O)O.[H-].[H-].[K+].[Li+]. The minimum absolute atomic E-state index is 0. The van der Waals surface area contributed by atoms with Crippen LogP contribution in [0.1, 0.15) is 80.4 Å². The van der Waals surface area contributed by atoms with Gasteiger partial charge in [0.2, 0.25) is 0 Å². The molecule has 0 atom stereocenters. The van der Waals surface area contributed by atoms with Crippen molar-refractivity contribution in [3.8, 4) is 0 Å². The molecule has 6 heteroatoms. The fraction of sp³-hybridized carbons (Fsp3) is 0.867. The van der Waals surface area contributed by atoms with Gasteiger partial charge in [0.1, 0.15) is 6.42 Å². The van der Waals surface area contributed by atoms with Crippen LogP contribution in [0.2, 0.25) is 0 Å². The molecular weight excluding hydrogens is 290 g/mol. The number of ether oxygens (including phenoxy) is 1. The van der Waals surface area contributed by atoms with Gasteiger partial charge >= 0.3 is 82.2 Å². The zero-order chi connectivity index (χ0) is 14.3. The van der Waals surface area contributed by atoms with Crippen molar-refractivity contribution in [2.45, 2.75) is 77.6 Å². The van der Waals surface area contributed by atoms with Gasteiger partial charge in [-0.3, -0.25) is 9.59 Å². The molecule has 4 nitrogen and oxygen atoms in total. The Morgan fingerprint density at radius 1 is 0.905 bits per heavy atom. The Kier molecular flexibility index (Phi) is 27.3. The predicted molar refractivity (Wildman–Crippen MR) is 77.3 cm³/mol. The number of esters is 1. The van der Waals surface area contributed by atoms with Crippen LogP contribution in [-0.2, 0) is 14.3 Å². The first-order chi connectivity index (χ1) is 9.16. The average Bonchev–Trinajstić information content (AvgIpc) is 2.35. The number of rotatable bonds is 13. The Morgan fingerprint density at radius 2 is 1.33 bits per heavy atom. The molecule has 0 aromatic rings. The largest absolute Gasteiger partial charge is 1.00 e. The van der Waals surface area contributed by atoms with E-state index in [1.165, 1.54) is 51.4 Å². The molecular formula is C15H30KLiO4. The molecule has 0 heterocycles. The Morgan fingerprint density at radius 3 is 1.76 bits per heavy atom. The van der Waals surface area contributed by atoms with E-state index in [4.69, 9.17) is 9.84 Å². The van der Waals surface area contributed by atoms with Crippen molar-refractivity contribution < 1.29 is 92.5 Å². The van der Waals surface area contributed by atoms with E-state index in [0.717, 1.165) is 12.8 Å². The van der Waals surface area contributed by atoms with E-state index in [1.54, 1.807) is 0 Å². The summed E-state index contributed by atoms with van der Waals surface area (Å²) in [6.45, 7) is 2.58. The van der Waals surface area contributed by atoms with E-state index in [2.05, 4.69) is 6.92 Å². The zero-order valence-electron chi connectivity index (χ0n) is 16.2. The molecule has 0 aliphatic carbocycles. The van der Waals surface area contributed by atoms with Crippen LogP contribution < -0.4 is 70.2 Å². The van der Waals surface area contributed by atoms with Crippen LogP contribution in [-0.4, -0.2) is 23.7 Å². The molecule has 0 aromatic heterocycles. The van der Waals surface area contributed by atoms with Crippen molar-refractivity contribution in [3.05, 3.63) is 0 Å². The summed E-state index contributed by atoms with van der Waals surface area (Å²) >= 11 is 0. The predicted octanol–water partition coefficient (Wildman–Crippen LogP) is -1.84. The Hall–Kier alpha value is 1.17. The van der Waals surface area contributed by atoms with Crippen molar-refractivity contribution in [1.29, 1.82) is 0 Å². The molecule has 0 saturated heterocycles. The van der Waals surface area contributed by atoms with E-state index in [1.807, 2.05) is 0 Å². The number of carbonyl (C=O) groups excluding carboxylic acids is 1. The van der Waals surface area contributed by atoms with Gasteiger partial charge in [-0.25, -0.2) is 0 Å². The molecule has 0 fully saturated rings. The molecule has 0 bridgehead atoms. The summed E-state index contributed by atoms with van der Waals surface area (Å²) < 4.78 is 4.81. The molecule has 0 saturated carbocycles. The molecule has 0 aliphatic rings. The number of hydrogen-bond acceptors (Lipinski definition) is 3. The van der Waals surface area contributed by atoms with Crippen LogP contribution in [0, 0.1) is 0 Å². The molecule has 116 valence electrons. The third-order valence-corrected chi connectivity index (χ3v) is 3.06. The van der Waals surface area contributed by atoms with Gasteiger partial charge in [-0.1, -0.05) is 64.7 Å². The van der Waals surface area contributed by atoms with Crippen LogP contribution in [0.25, 0.3) is 0 Å². The topological polar surface area (TPSA) is 63.6 Å². The maximum absolute atomic E-state index is 10.9. The monoisotopic (exact) mass is 320 g/mol. The van der Waals surface area contributed by atoms with Gasteiger partial charge in [-0.15, -0.1) is 0 Å². The molecule has 0 aliphatic heterocycles. The Bertz CT molecular complexity index is 260. The van der Waals surface area contributed by atoms with E-state index in [-0.39, 0.29) is 73.1 Å². The number of unbranched alkanes of at least 4 members (excludes halogenated alkanes) is 9. The fourth-order valence-corrected chi connectivity index (χ4v) is 1.95. The van der Waals surface area contributed by atoms with Crippen LogP contribution in [0.15, 0.2) is 0 Å². The summed E-state index contributed by atoms with van der Waals surface area (Å²) in [5, 5.41) is 8.36. The maximum atomic E-state index is 10.9. The second kappa shape index (κ2) is 21.2. The van der Waals surface area contributed by atoms with Gasteiger partial charge in [0.05, 0.1) is 6.61 Å².